The Balaban J connectivity index is 1.87. The maximum absolute atomic E-state index is 12.3. The fourth-order valence-electron chi connectivity index (χ4n) is 2.89. The molecule has 4 nitrogen and oxygen atoms in total. The lowest BCUT2D eigenvalue weighted by molar-refractivity contribution is -0.122. The molecule has 0 saturated carbocycles. The predicted octanol–water partition coefficient (Wildman–Crippen LogP) is 1.19. The average Bonchev–Trinajstić information content (AvgIpc) is 2.47. The van der Waals surface area contributed by atoms with E-state index in [9.17, 15) is 4.79 Å². The smallest absolute Gasteiger partial charge is 0.228 e. The Kier molecular flexibility index (Phi) is 5.56. The van der Waals surface area contributed by atoms with Crippen molar-refractivity contribution in [1.82, 2.24) is 10.2 Å². The van der Waals surface area contributed by atoms with Gasteiger partial charge in [0.15, 0.2) is 0 Å². The number of hydrogen-bond acceptors (Lipinski definition) is 3. The molecular formula is C16H25N3O. The molecule has 1 heterocycles. The highest BCUT2D eigenvalue weighted by molar-refractivity contribution is 5.83. The van der Waals surface area contributed by atoms with E-state index in [1.165, 1.54) is 19.4 Å². The molecule has 0 aliphatic carbocycles. The first kappa shape index (κ1) is 15.0. The van der Waals surface area contributed by atoms with Crippen LogP contribution in [0.3, 0.4) is 0 Å². The first-order valence-electron chi connectivity index (χ1n) is 7.42. The third kappa shape index (κ3) is 4.05. The van der Waals surface area contributed by atoms with Crippen molar-refractivity contribution in [2.45, 2.75) is 18.8 Å². The van der Waals surface area contributed by atoms with Crippen LogP contribution < -0.4 is 11.1 Å². The van der Waals surface area contributed by atoms with E-state index in [1.54, 1.807) is 0 Å². The first-order chi connectivity index (χ1) is 9.70. The second-order valence-corrected chi connectivity index (χ2v) is 5.71. The summed E-state index contributed by atoms with van der Waals surface area (Å²) in [6.07, 6.45) is 2.42. The summed E-state index contributed by atoms with van der Waals surface area (Å²) in [6.45, 7) is 3.34. The van der Waals surface area contributed by atoms with Crippen LogP contribution in [-0.4, -0.2) is 44.0 Å². The number of piperidine rings is 1. The fraction of sp³-hybridized carbons (Fsp3) is 0.562. The highest BCUT2D eigenvalue weighted by Gasteiger charge is 2.21. The van der Waals surface area contributed by atoms with Gasteiger partial charge in [0, 0.05) is 19.6 Å². The molecule has 1 aromatic carbocycles. The molecule has 2 atom stereocenters. The quantitative estimate of drug-likeness (QED) is 0.848. The van der Waals surface area contributed by atoms with Crippen LogP contribution in [0.25, 0.3) is 0 Å². The summed E-state index contributed by atoms with van der Waals surface area (Å²) in [7, 11) is 2.14. The molecular weight excluding hydrogens is 250 g/mol. The molecule has 110 valence electrons. The lowest BCUT2D eigenvalue weighted by Crippen LogP contribution is -2.41. The number of nitrogens with two attached hydrogens (primary N) is 1. The van der Waals surface area contributed by atoms with Crippen molar-refractivity contribution >= 4 is 5.91 Å². The van der Waals surface area contributed by atoms with E-state index in [-0.39, 0.29) is 11.8 Å². The summed E-state index contributed by atoms with van der Waals surface area (Å²) in [4.78, 5) is 14.6. The van der Waals surface area contributed by atoms with Crippen molar-refractivity contribution < 1.29 is 4.79 Å². The summed E-state index contributed by atoms with van der Waals surface area (Å²) in [5.41, 5.74) is 6.76. The third-order valence-corrected chi connectivity index (χ3v) is 4.04. The zero-order valence-corrected chi connectivity index (χ0v) is 12.2. The van der Waals surface area contributed by atoms with E-state index in [0.717, 1.165) is 18.7 Å². The van der Waals surface area contributed by atoms with Crippen molar-refractivity contribution in [2.75, 3.05) is 33.2 Å². The normalized spacial score (nSPS) is 21.4. The monoisotopic (exact) mass is 275 g/mol. The molecule has 0 spiro atoms. The number of benzene rings is 1. The zero-order valence-electron chi connectivity index (χ0n) is 12.2. The SMILES string of the molecule is CN1CCCC(CNC(=O)C(CN)c2ccccc2)C1. The molecule has 1 aliphatic rings. The van der Waals surface area contributed by atoms with Crippen LogP contribution in [0.5, 0.6) is 0 Å². The maximum Gasteiger partial charge on any atom is 0.228 e. The topological polar surface area (TPSA) is 58.4 Å². The molecule has 0 radical (unpaired) electrons. The van der Waals surface area contributed by atoms with Gasteiger partial charge in [0.1, 0.15) is 0 Å². The molecule has 0 bridgehead atoms. The van der Waals surface area contributed by atoms with E-state index in [2.05, 4.69) is 17.3 Å². The van der Waals surface area contributed by atoms with E-state index < -0.39 is 0 Å². The summed E-state index contributed by atoms with van der Waals surface area (Å²) < 4.78 is 0. The second kappa shape index (κ2) is 7.41. The maximum atomic E-state index is 12.3. The third-order valence-electron chi connectivity index (χ3n) is 4.04. The first-order valence-corrected chi connectivity index (χ1v) is 7.42. The number of nitrogens with one attached hydrogen (secondary N) is 1. The predicted molar refractivity (Wildman–Crippen MR) is 81.5 cm³/mol. The van der Waals surface area contributed by atoms with Crippen LogP contribution in [0, 0.1) is 5.92 Å². The Morgan fingerprint density at radius 1 is 1.45 bits per heavy atom. The molecule has 4 heteroatoms. The Hall–Kier alpha value is -1.39. The lowest BCUT2D eigenvalue weighted by Gasteiger charge is -2.30. The van der Waals surface area contributed by atoms with Gasteiger partial charge in [0.05, 0.1) is 5.92 Å². The van der Waals surface area contributed by atoms with Crippen molar-refractivity contribution in [3.63, 3.8) is 0 Å². The standard InChI is InChI=1S/C16H25N3O/c1-19-9-5-6-13(12-19)11-18-16(20)15(10-17)14-7-3-2-4-8-14/h2-4,7-8,13,15H,5-6,9-12,17H2,1H3,(H,18,20). The van der Waals surface area contributed by atoms with Gasteiger partial charge in [-0.1, -0.05) is 30.3 Å². The molecule has 1 aromatic rings. The van der Waals surface area contributed by atoms with Gasteiger partial charge in [-0.15, -0.1) is 0 Å². The highest BCUT2D eigenvalue weighted by atomic mass is 16.1. The summed E-state index contributed by atoms with van der Waals surface area (Å²) >= 11 is 0. The van der Waals surface area contributed by atoms with Crippen molar-refractivity contribution in [3.8, 4) is 0 Å². The van der Waals surface area contributed by atoms with E-state index >= 15 is 0 Å². The molecule has 2 rings (SSSR count). The van der Waals surface area contributed by atoms with Crippen LogP contribution >= 0.6 is 0 Å². The molecule has 3 N–H and O–H groups in total. The molecule has 1 amide bonds. The van der Waals surface area contributed by atoms with Gasteiger partial charge in [-0.2, -0.15) is 0 Å². The van der Waals surface area contributed by atoms with Gasteiger partial charge in [-0.25, -0.2) is 0 Å². The number of hydrogen-bond donors (Lipinski definition) is 2. The Morgan fingerprint density at radius 3 is 2.85 bits per heavy atom. The van der Waals surface area contributed by atoms with Crippen LogP contribution in [0.1, 0.15) is 24.3 Å². The van der Waals surface area contributed by atoms with Gasteiger partial charge in [0.25, 0.3) is 0 Å². The molecule has 1 saturated heterocycles. The van der Waals surface area contributed by atoms with Crippen molar-refractivity contribution in [1.29, 1.82) is 0 Å². The van der Waals surface area contributed by atoms with E-state index in [0.29, 0.717) is 12.5 Å². The van der Waals surface area contributed by atoms with Gasteiger partial charge < -0.3 is 16.0 Å². The minimum atomic E-state index is -0.238. The van der Waals surface area contributed by atoms with Crippen LogP contribution in [-0.2, 0) is 4.79 Å². The van der Waals surface area contributed by atoms with Crippen molar-refractivity contribution in [3.05, 3.63) is 35.9 Å². The number of rotatable bonds is 5. The largest absolute Gasteiger partial charge is 0.355 e. The molecule has 1 fully saturated rings. The minimum Gasteiger partial charge on any atom is -0.355 e. The molecule has 2 unspecified atom stereocenters. The number of nitrogens with zero attached hydrogens (tertiary/aromatic N) is 1. The summed E-state index contributed by atoms with van der Waals surface area (Å²) in [5, 5.41) is 3.08. The van der Waals surface area contributed by atoms with Crippen LogP contribution in [0.15, 0.2) is 30.3 Å². The Morgan fingerprint density at radius 2 is 2.20 bits per heavy atom. The molecule has 1 aliphatic heterocycles. The van der Waals surface area contributed by atoms with Crippen molar-refractivity contribution in [2.24, 2.45) is 11.7 Å². The fourth-order valence-corrected chi connectivity index (χ4v) is 2.89. The minimum absolute atomic E-state index is 0.0481. The Labute approximate surface area is 121 Å². The number of carbonyl (C=O) groups is 1. The number of carbonyl (C=O) groups excluding carboxylic acids is 1. The van der Waals surface area contributed by atoms with Gasteiger partial charge in [0.2, 0.25) is 5.91 Å². The number of amides is 1. The Bertz CT molecular complexity index is 421. The second-order valence-electron chi connectivity index (χ2n) is 5.71. The van der Waals surface area contributed by atoms with Gasteiger partial charge in [-0.05, 0) is 37.9 Å². The van der Waals surface area contributed by atoms with Gasteiger partial charge in [-0.3, -0.25) is 4.79 Å². The van der Waals surface area contributed by atoms with Gasteiger partial charge >= 0.3 is 0 Å². The van der Waals surface area contributed by atoms with E-state index in [1.807, 2.05) is 30.3 Å². The van der Waals surface area contributed by atoms with Crippen LogP contribution in [0.2, 0.25) is 0 Å². The zero-order chi connectivity index (χ0) is 14.4. The number of likely N-dealkylation sites (tertiary alicyclic amines) is 1. The van der Waals surface area contributed by atoms with E-state index in [4.69, 9.17) is 5.73 Å². The highest BCUT2D eigenvalue weighted by Crippen LogP contribution is 2.16. The average molecular weight is 275 g/mol. The summed E-state index contributed by atoms with van der Waals surface area (Å²) in [5.74, 6) is 0.372. The summed E-state index contributed by atoms with van der Waals surface area (Å²) in [6, 6.07) is 9.77. The lowest BCUT2D eigenvalue weighted by atomic mass is 9.96. The molecule has 0 aromatic heterocycles. The molecule has 20 heavy (non-hydrogen) atoms. The van der Waals surface area contributed by atoms with Crippen LogP contribution in [0.4, 0.5) is 0 Å².